The van der Waals surface area contributed by atoms with E-state index in [-0.39, 0.29) is 12.5 Å². The summed E-state index contributed by atoms with van der Waals surface area (Å²) in [6.07, 6.45) is 2.65. The van der Waals surface area contributed by atoms with Crippen LogP contribution in [0.25, 0.3) is 6.08 Å². The Morgan fingerprint density at radius 3 is 2.92 bits per heavy atom. The Balaban J connectivity index is 1.77. The standard InChI is InChI=1S/C19H17N3O3S/c1-12-3-2-4-13(9-12)5-6-17(23)21-18-15(10-20)14-7-8-22(19(24)25)11-16(14)26-18/h2-6,9H,7-8,11H2,1H3,(H,21,23)(H,24,25). The highest BCUT2D eigenvalue weighted by Gasteiger charge is 2.27. The molecule has 0 saturated heterocycles. The zero-order valence-corrected chi connectivity index (χ0v) is 15.0. The van der Waals surface area contributed by atoms with Gasteiger partial charge in [-0.25, -0.2) is 4.79 Å². The van der Waals surface area contributed by atoms with Gasteiger partial charge in [0.15, 0.2) is 0 Å². The van der Waals surface area contributed by atoms with Crippen LogP contribution in [-0.2, 0) is 17.8 Å². The van der Waals surface area contributed by atoms with Crippen molar-refractivity contribution < 1.29 is 14.7 Å². The van der Waals surface area contributed by atoms with Gasteiger partial charge in [0.1, 0.15) is 11.1 Å². The minimum absolute atomic E-state index is 0.249. The van der Waals surface area contributed by atoms with E-state index in [2.05, 4.69) is 11.4 Å². The molecule has 1 aliphatic rings. The molecule has 2 aromatic rings. The molecule has 0 atom stereocenters. The monoisotopic (exact) mass is 367 g/mol. The van der Waals surface area contributed by atoms with E-state index < -0.39 is 6.09 Å². The minimum atomic E-state index is -0.978. The van der Waals surface area contributed by atoms with E-state index in [4.69, 9.17) is 5.11 Å². The topological polar surface area (TPSA) is 93.4 Å². The van der Waals surface area contributed by atoms with Crippen molar-refractivity contribution in [2.24, 2.45) is 0 Å². The first kappa shape index (κ1) is 17.7. The first-order valence-electron chi connectivity index (χ1n) is 8.06. The molecule has 2 N–H and O–H groups in total. The summed E-state index contributed by atoms with van der Waals surface area (Å²) < 4.78 is 0. The summed E-state index contributed by atoms with van der Waals surface area (Å²) in [4.78, 5) is 25.5. The van der Waals surface area contributed by atoms with Crippen LogP contribution in [0.5, 0.6) is 0 Å². The minimum Gasteiger partial charge on any atom is -0.465 e. The van der Waals surface area contributed by atoms with Crippen molar-refractivity contribution in [2.45, 2.75) is 19.9 Å². The van der Waals surface area contributed by atoms with Crippen molar-refractivity contribution in [3.63, 3.8) is 0 Å². The average molecular weight is 367 g/mol. The number of hydrogen-bond acceptors (Lipinski definition) is 4. The quantitative estimate of drug-likeness (QED) is 0.810. The molecule has 1 aromatic carbocycles. The third-order valence-corrected chi connectivity index (χ3v) is 5.28. The number of aryl methyl sites for hydroxylation is 1. The molecule has 0 radical (unpaired) electrons. The average Bonchev–Trinajstić information content (AvgIpc) is 2.96. The predicted molar refractivity (Wildman–Crippen MR) is 100 cm³/mol. The summed E-state index contributed by atoms with van der Waals surface area (Å²) in [5.41, 5.74) is 3.30. The van der Waals surface area contributed by atoms with Gasteiger partial charge in [-0.05, 0) is 30.5 Å². The number of fused-ring (bicyclic) bond motifs is 1. The Morgan fingerprint density at radius 2 is 2.23 bits per heavy atom. The molecule has 0 unspecified atom stereocenters. The Morgan fingerprint density at radius 1 is 1.42 bits per heavy atom. The van der Waals surface area contributed by atoms with Crippen molar-refractivity contribution >= 4 is 34.4 Å². The summed E-state index contributed by atoms with van der Waals surface area (Å²) in [6.45, 7) is 2.58. The van der Waals surface area contributed by atoms with Gasteiger partial charge in [-0.1, -0.05) is 29.8 Å². The lowest BCUT2D eigenvalue weighted by Crippen LogP contribution is -2.34. The van der Waals surface area contributed by atoms with Crippen molar-refractivity contribution in [2.75, 3.05) is 11.9 Å². The molecule has 7 heteroatoms. The third-order valence-electron chi connectivity index (χ3n) is 4.15. The fraction of sp³-hybridized carbons (Fsp3) is 0.211. The van der Waals surface area contributed by atoms with E-state index in [9.17, 15) is 14.9 Å². The number of carbonyl (C=O) groups is 2. The summed E-state index contributed by atoms with van der Waals surface area (Å²) in [5, 5.41) is 21.8. The van der Waals surface area contributed by atoms with Gasteiger partial charge in [0, 0.05) is 17.5 Å². The molecule has 132 valence electrons. The maximum Gasteiger partial charge on any atom is 0.407 e. The smallest absolute Gasteiger partial charge is 0.407 e. The fourth-order valence-electron chi connectivity index (χ4n) is 2.87. The number of thiophene rings is 1. The zero-order chi connectivity index (χ0) is 18.7. The molecule has 3 rings (SSSR count). The Kier molecular flexibility index (Phi) is 5.05. The second-order valence-corrected chi connectivity index (χ2v) is 7.12. The molecule has 1 aliphatic heterocycles. The molecule has 0 aliphatic carbocycles. The van der Waals surface area contributed by atoms with Crippen LogP contribution in [0.3, 0.4) is 0 Å². The van der Waals surface area contributed by atoms with Crippen molar-refractivity contribution in [1.82, 2.24) is 4.90 Å². The molecule has 6 nitrogen and oxygen atoms in total. The highest BCUT2D eigenvalue weighted by molar-refractivity contribution is 7.16. The van der Waals surface area contributed by atoms with Gasteiger partial charge in [0.05, 0.1) is 12.1 Å². The summed E-state index contributed by atoms with van der Waals surface area (Å²) in [5.74, 6) is -0.323. The second-order valence-electron chi connectivity index (χ2n) is 6.01. The first-order chi connectivity index (χ1) is 12.5. The Labute approximate surface area is 155 Å². The summed E-state index contributed by atoms with van der Waals surface area (Å²) in [7, 11) is 0. The molecular formula is C19H17N3O3S. The highest BCUT2D eigenvalue weighted by Crippen LogP contribution is 2.36. The van der Waals surface area contributed by atoms with Crippen LogP contribution in [0.1, 0.15) is 27.1 Å². The van der Waals surface area contributed by atoms with Gasteiger partial charge in [0.2, 0.25) is 5.91 Å². The van der Waals surface area contributed by atoms with E-state index in [0.29, 0.717) is 23.5 Å². The van der Waals surface area contributed by atoms with E-state index in [1.807, 2.05) is 31.2 Å². The van der Waals surface area contributed by atoms with Crippen LogP contribution in [0.4, 0.5) is 9.80 Å². The number of anilines is 1. The Bertz CT molecular complexity index is 940. The first-order valence-corrected chi connectivity index (χ1v) is 8.88. The lowest BCUT2D eigenvalue weighted by Gasteiger charge is -2.23. The van der Waals surface area contributed by atoms with Gasteiger partial charge < -0.3 is 15.3 Å². The highest BCUT2D eigenvalue weighted by atomic mass is 32.1. The number of amides is 2. The number of carboxylic acid groups (broad SMARTS) is 1. The lowest BCUT2D eigenvalue weighted by atomic mass is 10.0. The van der Waals surface area contributed by atoms with Crippen molar-refractivity contribution in [3.8, 4) is 6.07 Å². The van der Waals surface area contributed by atoms with Gasteiger partial charge in [-0.15, -0.1) is 11.3 Å². The lowest BCUT2D eigenvalue weighted by molar-refractivity contribution is -0.111. The third kappa shape index (κ3) is 3.76. The van der Waals surface area contributed by atoms with Gasteiger partial charge in [-0.2, -0.15) is 5.26 Å². The van der Waals surface area contributed by atoms with Crippen LogP contribution in [0.2, 0.25) is 0 Å². The maximum absolute atomic E-state index is 12.2. The molecular weight excluding hydrogens is 350 g/mol. The number of carbonyl (C=O) groups excluding carboxylic acids is 1. The molecule has 2 heterocycles. The van der Waals surface area contributed by atoms with Crippen LogP contribution in [0, 0.1) is 18.3 Å². The number of hydrogen-bond donors (Lipinski definition) is 2. The molecule has 0 spiro atoms. The zero-order valence-electron chi connectivity index (χ0n) is 14.2. The molecule has 26 heavy (non-hydrogen) atoms. The van der Waals surface area contributed by atoms with E-state index in [0.717, 1.165) is 21.6 Å². The number of nitrogens with one attached hydrogen (secondary N) is 1. The number of rotatable bonds is 3. The molecule has 2 amide bonds. The van der Waals surface area contributed by atoms with Gasteiger partial charge >= 0.3 is 6.09 Å². The molecule has 0 bridgehead atoms. The summed E-state index contributed by atoms with van der Waals surface area (Å²) >= 11 is 1.27. The summed E-state index contributed by atoms with van der Waals surface area (Å²) in [6, 6.07) is 9.91. The van der Waals surface area contributed by atoms with Gasteiger partial charge in [0.25, 0.3) is 0 Å². The number of nitrogens with zero attached hydrogens (tertiary/aromatic N) is 2. The SMILES string of the molecule is Cc1cccc(C=CC(=O)Nc2sc3c(c2C#N)CCN(C(=O)O)C3)c1. The van der Waals surface area contributed by atoms with E-state index in [1.165, 1.54) is 22.3 Å². The molecule has 0 fully saturated rings. The van der Waals surface area contributed by atoms with Crippen LogP contribution >= 0.6 is 11.3 Å². The normalized spacial score (nSPS) is 13.3. The van der Waals surface area contributed by atoms with Crippen LogP contribution in [0.15, 0.2) is 30.3 Å². The number of nitriles is 1. The van der Waals surface area contributed by atoms with Crippen LogP contribution in [-0.4, -0.2) is 28.6 Å². The van der Waals surface area contributed by atoms with Crippen LogP contribution < -0.4 is 5.32 Å². The molecule has 0 saturated carbocycles. The Hall–Kier alpha value is -3.11. The fourth-order valence-corrected chi connectivity index (χ4v) is 4.09. The van der Waals surface area contributed by atoms with Crippen molar-refractivity contribution in [3.05, 3.63) is 57.5 Å². The molecule has 1 aromatic heterocycles. The van der Waals surface area contributed by atoms with E-state index >= 15 is 0 Å². The van der Waals surface area contributed by atoms with Crippen molar-refractivity contribution in [1.29, 1.82) is 5.26 Å². The second kappa shape index (κ2) is 7.42. The van der Waals surface area contributed by atoms with E-state index in [1.54, 1.807) is 6.08 Å². The van der Waals surface area contributed by atoms with Gasteiger partial charge in [-0.3, -0.25) is 4.79 Å². The largest absolute Gasteiger partial charge is 0.465 e. The predicted octanol–water partition coefficient (Wildman–Crippen LogP) is 3.62. The maximum atomic E-state index is 12.2. The number of benzene rings is 1.